The van der Waals surface area contributed by atoms with Crippen LogP contribution in [0.4, 0.5) is 10.5 Å². The maximum atomic E-state index is 11.9. The van der Waals surface area contributed by atoms with Gasteiger partial charge in [-0.25, -0.2) is 4.79 Å². The van der Waals surface area contributed by atoms with Crippen molar-refractivity contribution in [2.75, 3.05) is 5.32 Å². The van der Waals surface area contributed by atoms with Crippen LogP contribution in [0.2, 0.25) is 0 Å². The van der Waals surface area contributed by atoms with Gasteiger partial charge in [0.25, 0.3) is 0 Å². The van der Waals surface area contributed by atoms with Crippen molar-refractivity contribution in [2.45, 2.75) is 57.6 Å². The molecule has 0 aromatic heterocycles. The van der Waals surface area contributed by atoms with Crippen molar-refractivity contribution in [1.82, 2.24) is 5.32 Å². The molecule has 3 rings (SSSR count). The van der Waals surface area contributed by atoms with Gasteiger partial charge < -0.3 is 15.4 Å². The zero-order valence-corrected chi connectivity index (χ0v) is 12.6. The van der Waals surface area contributed by atoms with Crippen LogP contribution in [0.5, 0.6) is 5.75 Å². The molecule has 2 aliphatic rings. The minimum atomic E-state index is -0.126. The number of rotatable bonds is 5. The van der Waals surface area contributed by atoms with Gasteiger partial charge in [0.1, 0.15) is 5.75 Å². The molecule has 21 heavy (non-hydrogen) atoms. The van der Waals surface area contributed by atoms with E-state index in [1.807, 2.05) is 24.3 Å². The Morgan fingerprint density at radius 3 is 2.43 bits per heavy atom. The lowest BCUT2D eigenvalue weighted by Crippen LogP contribution is -2.37. The van der Waals surface area contributed by atoms with Crippen LogP contribution >= 0.6 is 0 Å². The smallest absolute Gasteiger partial charge is 0.319 e. The van der Waals surface area contributed by atoms with Crippen molar-refractivity contribution >= 4 is 11.7 Å². The highest BCUT2D eigenvalue weighted by Gasteiger charge is 2.28. The van der Waals surface area contributed by atoms with Gasteiger partial charge in [0.05, 0.1) is 6.10 Å². The summed E-state index contributed by atoms with van der Waals surface area (Å²) in [6.07, 6.45) is 7.67. The van der Waals surface area contributed by atoms with Gasteiger partial charge in [-0.05, 0) is 75.6 Å². The summed E-state index contributed by atoms with van der Waals surface area (Å²) < 4.78 is 5.91. The predicted molar refractivity (Wildman–Crippen MR) is 83.7 cm³/mol. The largest absolute Gasteiger partial charge is 0.490 e. The number of amides is 2. The molecule has 0 aliphatic heterocycles. The molecule has 1 aromatic rings. The van der Waals surface area contributed by atoms with Gasteiger partial charge >= 0.3 is 6.03 Å². The van der Waals surface area contributed by atoms with Gasteiger partial charge in [0, 0.05) is 11.7 Å². The van der Waals surface area contributed by atoms with Crippen molar-refractivity contribution in [3.8, 4) is 5.75 Å². The molecule has 0 heterocycles. The minimum absolute atomic E-state index is 0.126. The Morgan fingerprint density at radius 2 is 1.81 bits per heavy atom. The Bertz CT molecular complexity index is 476. The second kappa shape index (κ2) is 6.37. The Morgan fingerprint density at radius 1 is 1.14 bits per heavy atom. The zero-order chi connectivity index (χ0) is 14.7. The molecule has 1 unspecified atom stereocenters. The first-order valence-electron chi connectivity index (χ1n) is 8.05. The molecular formula is C17H24N2O2. The van der Waals surface area contributed by atoms with Crippen LogP contribution in [0.1, 0.15) is 45.4 Å². The van der Waals surface area contributed by atoms with E-state index in [9.17, 15) is 4.79 Å². The summed E-state index contributed by atoms with van der Waals surface area (Å²) in [5, 5.41) is 5.85. The topological polar surface area (TPSA) is 50.4 Å². The minimum Gasteiger partial charge on any atom is -0.490 e. The second-order valence-corrected chi connectivity index (χ2v) is 6.27. The Kier molecular flexibility index (Phi) is 4.32. The standard InChI is InChI=1S/C17H24N2O2/c1-12(13-6-7-13)18-17(20)19-14-8-10-16(11-9-14)21-15-4-2-3-5-15/h8-13,15H,2-7H2,1H3,(H2,18,19,20). The molecule has 114 valence electrons. The molecule has 2 aliphatic carbocycles. The zero-order valence-electron chi connectivity index (χ0n) is 12.6. The Labute approximate surface area is 126 Å². The monoisotopic (exact) mass is 288 g/mol. The molecule has 0 bridgehead atoms. The van der Waals surface area contributed by atoms with Crippen LogP contribution in [-0.4, -0.2) is 18.2 Å². The number of urea groups is 1. The molecular weight excluding hydrogens is 264 g/mol. The van der Waals surface area contributed by atoms with Crippen molar-refractivity contribution < 1.29 is 9.53 Å². The number of hydrogen-bond donors (Lipinski definition) is 2. The van der Waals surface area contributed by atoms with E-state index >= 15 is 0 Å². The van der Waals surface area contributed by atoms with Crippen molar-refractivity contribution in [3.63, 3.8) is 0 Å². The fourth-order valence-corrected chi connectivity index (χ4v) is 2.90. The van der Waals surface area contributed by atoms with Gasteiger partial charge in [-0.15, -0.1) is 0 Å². The molecule has 0 spiro atoms. The number of carbonyl (C=O) groups is 1. The first-order chi connectivity index (χ1) is 10.2. The number of anilines is 1. The second-order valence-electron chi connectivity index (χ2n) is 6.27. The molecule has 0 radical (unpaired) electrons. The van der Waals surface area contributed by atoms with Gasteiger partial charge in [0.15, 0.2) is 0 Å². The van der Waals surface area contributed by atoms with Crippen molar-refractivity contribution in [3.05, 3.63) is 24.3 Å². The summed E-state index contributed by atoms with van der Waals surface area (Å²) in [5.74, 6) is 1.55. The summed E-state index contributed by atoms with van der Waals surface area (Å²) in [4.78, 5) is 11.9. The van der Waals surface area contributed by atoms with Crippen LogP contribution in [0.3, 0.4) is 0 Å². The third-order valence-electron chi connectivity index (χ3n) is 4.41. The maximum Gasteiger partial charge on any atom is 0.319 e. The summed E-state index contributed by atoms with van der Waals surface area (Å²) in [6.45, 7) is 2.07. The lowest BCUT2D eigenvalue weighted by atomic mass is 10.2. The van der Waals surface area contributed by atoms with Gasteiger partial charge in [-0.1, -0.05) is 0 Å². The molecule has 1 aromatic carbocycles. The predicted octanol–water partition coefficient (Wildman–Crippen LogP) is 3.93. The van der Waals surface area contributed by atoms with E-state index in [0.29, 0.717) is 12.0 Å². The first-order valence-corrected chi connectivity index (χ1v) is 8.05. The summed E-state index contributed by atoms with van der Waals surface area (Å²) in [7, 11) is 0. The highest BCUT2D eigenvalue weighted by Crippen LogP contribution is 2.32. The molecule has 2 saturated carbocycles. The Hall–Kier alpha value is -1.71. The summed E-state index contributed by atoms with van der Waals surface area (Å²) in [6, 6.07) is 7.78. The molecule has 4 heteroatoms. The quantitative estimate of drug-likeness (QED) is 0.862. The van der Waals surface area contributed by atoms with E-state index in [1.165, 1.54) is 25.7 Å². The third-order valence-corrected chi connectivity index (χ3v) is 4.41. The maximum absolute atomic E-state index is 11.9. The lowest BCUT2D eigenvalue weighted by Gasteiger charge is -2.15. The normalized spacial score (nSPS) is 20.0. The van der Waals surface area contributed by atoms with E-state index in [1.54, 1.807) is 0 Å². The molecule has 4 nitrogen and oxygen atoms in total. The number of benzene rings is 1. The van der Waals surface area contributed by atoms with E-state index in [2.05, 4.69) is 17.6 Å². The van der Waals surface area contributed by atoms with Gasteiger partial charge in [0.2, 0.25) is 0 Å². The van der Waals surface area contributed by atoms with Gasteiger partial charge in [-0.2, -0.15) is 0 Å². The number of carbonyl (C=O) groups excluding carboxylic acids is 1. The lowest BCUT2D eigenvalue weighted by molar-refractivity contribution is 0.210. The molecule has 0 saturated heterocycles. The van der Waals surface area contributed by atoms with Crippen LogP contribution in [-0.2, 0) is 0 Å². The fourth-order valence-electron chi connectivity index (χ4n) is 2.90. The number of ether oxygens (including phenoxy) is 1. The van der Waals surface area contributed by atoms with Crippen molar-refractivity contribution in [1.29, 1.82) is 0 Å². The van der Waals surface area contributed by atoms with Crippen LogP contribution in [0, 0.1) is 5.92 Å². The molecule has 1 atom stereocenters. The van der Waals surface area contributed by atoms with E-state index in [4.69, 9.17) is 4.74 Å². The van der Waals surface area contributed by atoms with E-state index in [0.717, 1.165) is 24.3 Å². The fraction of sp³-hybridized carbons (Fsp3) is 0.588. The average Bonchev–Trinajstić information content (AvgIpc) is 3.20. The van der Waals surface area contributed by atoms with Crippen LogP contribution in [0.25, 0.3) is 0 Å². The van der Waals surface area contributed by atoms with Crippen LogP contribution < -0.4 is 15.4 Å². The van der Waals surface area contributed by atoms with Crippen molar-refractivity contribution in [2.24, 2.45) is 5.92 Å². The first kappa shape index (κ1) is 14.2. The van der Waals surface area contributed by atoms with E-state index < -0.39 is 0 Å². The Balaban J connectivity index is 1.47. The average molecular weight is 288 g/mol. The van der Waals surface area contributed by atoms with Crippen LogP contribution in [0.15, 0.2) is 24.3 Å². The summed E-state index contributed by atoms with van der Waals surface area (Å²) in [5.41, 5.74) is 0.800. The highest BCUT2D eigenvalue weighted by atomic mass is 16.5. The molecule has 2 N–H and O–H groups in total. The highest BCUT2D eigenvalue weighted by molar-refractivity contribution is 5.89. The SMILES string of the molecule is CC(NC(=O)Nc1ccc(OC2CCCC2)cc1)C1CC1. The molecule has 2 amide bonds. The summed E-state index contributed by atoms with van der Waals surface area (Å²) >= 11 is 0. The van der Waals surface area contributed by atoms with Gasteiger partial charge in [-0.3, -0.25) is 0 Å². The number of hydrogen-bond acceptors (Lipinski definition) is 2. The molecule has 2 fully saturated rings. The third kappa shape index (κ3) is 4.13. The van der Waals surface area contributed by atoms with E-state index in [-0.39, 0.29) is 12.1 Å². The number of nitrogens with one attached hydrogen (secondary N) is 2.